The van der Waals surface area contributed by atoms with Crippen LogP contribution in [0, 0.1) is 5.82 Å². The van der Waals surface area contributed by atoms with Gasteiger partial charge in [-0.25, -0.2) is 12.8 Å². The van der Waals surface area contributed by atoms with Crippen LogP contribution in [0.3, 0.4) is 0 Å². The Balaban J connectivity index is 2.10. The lowest BCUT2D eigenvalue weighted by molar-refractivity contribution is -0.139. The summed E-state index contributed by atoms with van der Waals surface area (Å²) in [6.45, 7) is 0.250. The number of likely N-dealkylation sites (N-methyl/N-ethyl adjacent to an activating group) is 1. The van der Waals surface area contributed by atoms with Crippen LogP contribution in [0.1, 0.15) is 18.1 Å². The van der Waals surface area contributed by atoms with Gasteiger partial charge in [0, 0.05) is 13.6 Å². The van der Waals surface area contributed by atoms with Crippen LogP contribution in [0.25, 0.3) is 0 Å². The van der Waals surface area contributed by atoms with Crippen LogP contribution in [0.15, 0.2) is 77.7 Å². The molecule has 0 aromatic heterocycles. The lowest BCUT2D eigenvalue weighted by Gasteiger charge is -2.32. The number of carbonyl (C=O) groups excluding carboxylic acids is 2. The zero-order chi connectivity index (χ0) is 29.0. The van der Waals surface area contributed by atoms with Crippen molar-refractivity contribution in [1.82, 2.24) is 10.2 Å². The number of alkyl halides is 3. The molecule has 0 saturated heterocycles. The molecular weight excluding hydrogens is 562 g/mol. The minimum absolute atomic E-state index is 0.207. The average molecular weight is 586 g/mol. The Bertz CT molecular complexity index is 1440. The number of hydrogen-bond donors (Lipinski definition) is 1. The number of nitrogens with one attached hydrogen (secondary N) is 1. The van der Waals surface area contributed by atoms with Crippen LogP contribution < -0.4 is 9.62 Å². The maximum atomic E-state index is 13.6. The minimum Gasteiger partial charge on any atom is -0.357 e. The van der Waals surface area contributed by atoms with Crippen molar-refractivity contribution in [3.05, 3.63) is 94.8 Å². The van der Waals surface area contributed by atoms with E-state index < -0.39 is 62.7 Å². The highest BCUT2D eigenvalue weighted by molar-refractivity contribution is 7.92. The second-order valence-corrected chi connectivity index (χ2v) is 10.7. The number of benzene rings is 3. The summed E-state index contributed by atoms with van der Waals surface area (Å²) in [6.07, 6.45) is -4.90. The third kappa shape index (κ3) is 7.07. The molecule has 39 heavy (non-hydrogen) atoms. The minimum atomic E-state index is -4.90. The molecule has 0 aliphatic carbocycles. The molecule has 3 aromatic carbocycles. The first kappa shape index (κ1) is 29.9. The summed E-state index contributed by atoms with van der Waals surface area (Å²) in [4.78, 5) is 26.8. The van der Waals surface area contributed by atoms with Crippen LogP contribution >= 0.6 is 11.6 Å². The van der Waals surface area contributed by atoms with E-state index in [0.29, 0.717) is 15.9 Å². The number of anilines is 1. The number of nitrogens with zero attached hydrogens (tertiary/aromatic N) is 2. The third-order valence-corrected chi connectivity index (χ3v) is 7.95. The standard InChI is InChI=1S/C26H24ClF4N3O4S/c1-17(25(36)32-2)33(15-18-8-10-19(28)11-9-18)24(35)16-34(39(37,38)21-6-4-3-5-7-21)20-12-13-23(27)22(14-20)26(29,30)31/h3-14,17H,15-16H2,1-2H3,(H,32,36)/t17-/m0/s1. The summed E-state index contributed by atoms with van der Waals surface area (Å²) in [5.41, 5.74) is -1.31. The molecule has 0 saturated carbocycles. The highest BCUT2D eigenvalue weighted by Gasteiger charge is 2.36. The monoisotopic (exact) mass is 585 g/mol. The molecule has 0 spiro atoms. The summed E-state index contributed by atoms with van der Waals surface area (Å²) in [5.74, 6) is -1.99. The molecule has 0 radical (unpaired) electrons. The van der Waals surface area contributed by atoms with Crippen LogP contribution in [-0.2, 0) is 32.3 Å². The molecule has 0 aliphatic rings. The fourth-order valence-corrected chi connectivity index (χ4v) is 5.36. The van der Waals surface area contributed by atoms with E-state index in [-0.39, 0.29) is 11.4 Å². The van der Waals surface area contributed by atoms with Crippen molar-refractivity contribution in [3.63, 3.8) is 0 Å². The van der Waals surface area contributed by atoms with Crippen molar-refractivity contribution in [3.8, 4) is 0 Å². The molecular formula is C26H24ClF4N3O4S. The van der Waals surface area contributed by atoms with Gasteiger partial charge in [0.15, 0.2) is 0 Å². The molecule has 0 heterocycles. The fourth-order valence-electron chi connectivity index (χ4n) is 3.71. The van der Waals surface area contributed by atoms with E-state index in [0.717, 1.165) is 29.2 Å². The third-order valence-electron chi connectivity index (χ3n) is 5.83. The Hall–Kier alpha value is -3.64. The van der Waals surface area contributed by atoms with Crippen LogP contribution in [0.5, 0.6) is 0 Å². The van der Waals surface area contributed by atoms with E-state index in [4.69, 9.17) is 11.6 Å². The molecule has 7 nitrogen and oxygen atoms in total. The summed E-state index contributed by atoms with van der Waals surface area (Å²) >= 11 is 5.73. The Labute approximate surface area is 228 Å². The first-order valence-corrected chi connectivity index (χ1v) is 13.3. The van der Waals surface area contributed by atoms with Gasteiger partial charge in [0.05, 0.1) is 21.2 Å². The van der Waals surface area contributed by atoms with E-state index in [1.807, 2.05) is 0 Å². The molecule has 0 fully saturated rings. The van der Waals surface area contributed by atoms with Gasteiger partial charge in [-0.1, -0.05) is 41.9 Å². The summed E-state index contributed by atoms with van der Waals surface area (Å²) in [5, 5.41) is 1.75. The highest BCUT2D eigenvalue weighted by Crippen LogP contribution is 2.38. The number of carbonyl (C=O) groups is 2. The predicted octanol–water partition coefficient (Wildman–Crippen LogP) is 4.86. The van der Waals surface area contributed by atoms with E-state index in [1.54, 1.807) is 6.07 Å². The SMILES string of the molecule is CNC(=O)[C@H](C)N(Cc1ccc(F)cc1)C(=O)CN(c1ccc(Cl)c(C(F)(F)F)c1)S(=O)(=O)c1ccccc1. The molecule has 3 rings (SSSR count). The first-order valence-electron chi connectivity index (χ1n) is 11.5. The Morgan fingerprint density at radius 1 is 1.00 bits per heavy atom. The van der Waals surface area contributed by atoms with Crippen molar-refractivity contribution in [2.24, 2.45) is 0 Å². The molecule has 0 unspecified atom stereocenters. The lowest BCUT2D eigenvalue weighted by Crippen LogP contribution is -2.50. The first-order chi connectivity index (χ1) is 18.3. The second-order valence-electron chi connectivity index (χ2n) is 8.42. The average Bonchev–Trinajstić information content (AvgIpc) is 2.90. The number of hydrogen-bond acceptors (Lipinski definition) is 4. The number of halogens is 5. The maximum absolute atomic E-state index is 13.6. The van der Waals surface area contributed by atoms with E-state index in [9.17, 15) is 35.6 Å². The highest BCUT2D eigenvalue weighted by atomic mass is 35.5. The topological polar surface area (TPSA) is 86.8 Å². The van der Waals surface area contributed by atoms with Gasteiger partial charge < -0.3 is 10.2 Å². The number of rotatable bonds is 9. The van der Waals surface area contributed by atoms with Crippen LogP contribution in [-0.4, -0.2) is 44.8 Å². The van der Waals surface area contributed by atoms with Gasteiger partial charge in [-0.2, -0.15) is 13.2 Å². The second kappa shape index (κ2) is 12.0. The summed E-state index contributed by atoms with van der Waals surface area (Å²) in [7, 11) is -3.22. The van der Waals surface area contributed by atoms with E-state index in [1.165, 1.54) is 50.4 Å². The van der Waals surface area contributed by atoms with Gasteiger partial charge in [-0.15, -0.1) is 0 Å². The number of amides is 2. The maximum Gasteiger partial charge on any atom is 0.417 e. The van der Waals surface area contributed by atoms with Crippen molar-refractivity contribution in [2.75, 3.05) is 17.9 Å². The van der Waals surface area contributed by atoms with Crippen molar-refractivity contribution < 1.29 is 35.6 Å². The predicted molar refractivity (Wildman–Crippen MR) is 138 cm³/mol. The van der Waals surface area contributed by atoms with Gasteiger partial charge in [0.1, 0.15) is 18.4 Å². The molecule has 3 aromatic rings. The van der Waals surface area contributed by atoms with Crippen molar-refractivity contribution in [2.45, 2.75) is 30.6 Å². The van der Waals surface area contributed by atoms with E-state index >= 15 is 0 Å². The molecule has 0 bridgehead atoms. The molecule has 2 amide bonds. The Morgan fingerprint density at radius 2 is 1.62 bits per heavy atom. The van der Waals surface area contributed by atoms with Gasteiger partial charge in [0.2, 0.25) is 11.8 Å². The van der Waals surface area contributed by atoms with Gasteiger partial charge >= 0.3 is 6.18 Å². The number of sulfonamides is 1. The molecule has 13 heteroatoms. The Kier molecular flexibility index (Phi) is 9.23. The van der Waals surface area contributed by atoms with Gasteiger partial charge in [-0.3, -0.25) is 13.9 Å². The lowest BCUT2D eigenvalue weighted by atomic mass is 10.1. The molecule has 1 N–H and O–H groups in total. The van der Waals surface area contributed by atoms with Gasteiger partial charge in [-0.05, 0) is 55.0 Å². The fraction of sp³-hybridized carbons (Fsp3) is 0.231. The normalized spacial score (nSPS) is 12.5. The van der Waals surface area contributed by atoms with Crippen molar-refractivity contribution >= 4 is 39.1 Å². The zero-order valence-corrected chi connectivity index (χ0v) is 22.3. The van der Waals surface area contributed by atoms with E-state index in [2.05, 4.69) is 5.32 Å². The van der Waals surface area contributed by atoms with Crippen LogP contribution in [0.4, 0.5) is 23.2 Å². The molecule has 0 aliphatic heterocycles. The largest absolute Gasteiger partial charge is 0.417 e. The smallest absolute Gasteiger partial charge is 0.357 e. The molecule has 208 valence electrons. The quantitative estimate of drug-likeness (QED) is 0.364. The van der Waals surface area contributed by atoms with Crippen LogP contribution in [0.2, 0.25) is 5.02 Å². The summed E-state index contributed by atoms with van der Waals surface area (Å²) < 4.78 is 82.0. The molecule has 1 atom stereocenters. The van der Waals surface area contributed by atoms with Crippen molar-refractivity contribution in [1.29, 1.82) is 0 Å². The zero-order valence-electron chi connectivity index (χ0n) is 20.7. The Morgan fingerprint density at radius 3 is 2.18 bits per heavy atom. The van der Waals surface area contributed by atoms with Gasteiger partial charge in [0.25, 0.3) is 10.0 Å². The summed E-state index contributed by atoms with van der Waals surface area (Å²) in [6, 6.07) is 13.3.